The van der Waals surface area contributed by atoms with Crippen LogP contribution in [0.4, 0.5) is 5.69 Å². The third kappa shape index (κ3) is 4.38. The molecule has 2 aromatic rings. The van der Waals surface area contributed by atoms with E-state index in [1.54, 1.807) is 4.90 Å². The van der Waals surface area contributed by atoms with Crippen LogP contribution in [-0.4, -0.2) is 18.4 Å². The minimum Gasteiger partial charge on any atom is -0.352 e. The van der Waals surface area contributed by atoms with Gasteiger partial charge in [0.2, 0.25) is 11.8 Å². The Bertz CT molecular complexity index is 834. The van der Waals surface area contributed by atoms with Crippen LogP contribution in [0.3, 0.4) is 0 Å². The zero-order valence-electron chi connectivity index (χ0n) is 16.6. The van der Waals surface area contributed by atoms with Crippen LogP contribution in [0.5, 0.6) is 0 Å². The van der Waals surface area contributed by atoms with E-state index in [-0.39, 0.29) is 29.6 Å². The second-order valence-corrected chi connectivity index (χ2v) is 8.35. The van der Waals surface area contributed by atoms with Crippen molar-refractivity contribution in [3.63, 3.8) is 0 Å². The lowest BCUT2D eigenvalue weighted by Gasteiger charge is -2.21. The van der Waals surface area contributed by atoms with Gasteiger partial charge in [-0.1, -0.05) is 57.2 Å². The normalized spacial score (nSPS) is 17.3. The number of hydrogen-bond donors (Lipinski definition) is 1. The molecule has 142 valence electrons. The van der Waals surface area contributed by atoms with Crippen LogP contribution in [0.15, 0.2) is 48.5 Å². The highest BCUT2D eigenvalue weighted by Crippen LogP contribution is 2.28. The molecule has 0 bridgehead atoms. The molecule has 0 aliphatic carbocycles. The molecule has 1 aliphatic heterocycles. The summed E-state index contributed by atoms with van der Waals surface area (Å²) in [4.78, 5) is 26.7. The molecule has 0 spiro atoms. The first-order valence-corrected chi connectivity index (χ1v) is 9.49. The number of nitrogens with one attached hydrogen (secondary N) is 1. The first kappa shape index (κ1) is 19.2. The van der Waals surface area contributed by atoms with Crippen LogP contribution < -0.4 is 10.2 Å². The minimum absolute atomic E-state index is 0.00884. The first-order valence-electron chi connectivity index (χ1n) is 9.49. The number of hydrogen-bond acceptors (Lipinski definition) is 2. The molecule has 1 fully saturated rings. The van der Waals surface area contributed by atoms with Crippen molar-refractivity contribution in [2.75, 3.05) is 11.4 Å². The van der Waals surface area contributed by atoms with E-state index in [0.29, 0.717) is 13.1 Å². The SMILES string of the molecule is Cc1ccccc1CNC(=O)C1CC(=O)N(c2ccc(C(C)(C)C)cc2)C1. The van der Waals surface area contributed by atoms with Crippen LogP contribution in [0.1, 0.15) is 43.9 Å². The number of carbonyl (C=O) groups is 2. The maximum absolute atomic E-state index is 12.5. The van der Waals surface area contributed by atoms with E-state index in [2.05, 4.69) is 38.2 Å². The molecule has 4 heteroatoms. The summed E-state index contributed by atoms with van der Waals surface area (Å²) in [7, 11) is 0. The molecule has 0 aromatic heterocycles. The molecule has 1 saturated heterocycles. The van der Waals surface area contributed by atoms with Gasteiger partial charge in [-0.25, -0.2) is 0 Å². The van der Waals surface area contributed by atoms with Crippen molar-refractivity contribution in [3.05, 3.63) is 65.2 Å². The highest BCUT2D eigenvalue weighted by molar-refractivity contribution is 6.00. The molecule has 4 nitrogen and oxygen atoms in total. The van der Waals surface area contributed by atoms with Gasteiger partial charge in [-0.15, -0.1) is 0 Å². The zero-order chi connectivity index (χ0) is 19.6. The number of aryl methyl sites for hydroxylation is 1. The number of rotatable bonds is 4. The molecule has 1 aliphatic rings. The van der Waals surface area contributed by atoms with Gasteiger partial charge in [0.1, 0.15) is 0 Å². The Kier molecular flexibility index (Phi) is 5.36. The fourth-order valence-corrected chi connectivity index (χ4v) is 3.41. The summed E-state index contributed by atoms with van der Waals surface area (Å²) in [6.07, 6.45) is 0.265. The van der Waals surface area contributed by atoms with E-state index in [0.717, 1.165) is 16.8 Å². The average Bonchev–Trinajstić information content (AvgIpc) is 3.02. The van der Waals surface area contributed by atoms with Crippen molar-refractivity contribution in [2.45, 2.75) is 46.1 Å². The maximum Gasteiger partial charge on any atom is 0.227 e. The second-order valence-electron chi connectivity index (χ2n) is 8.35. The molecule has 1 N–H and O–H groups in total. The lowest BCUT2D eigenvalue weighted by atomic mass is 9.87. The average molecular weight is 364 g/mol. The summed E-state index contributed by atoms with van der Waals surface area (Å²) in [6, 6.07) is 16.1. The largest absolute Gasteiger partial charge is 0.352 e. The number of nitrogens with zero attached hydrogens (tertiary/aromatic N) is 1. The molecule has 2 amide bonds. The summed E-state index contributed by atoms with van der Waals surface area (Å²) in [6.45, 7) is 9.46. The Hall–Kier alpha value is -2.62. The molecule has 1 atom stereocenters. The smallest absolute Gasteiger partial charge is 0.227 e. The van der Waals surface area contributed by atoms with Crippen molar-refractivity contribution in [1.29, 1.82) is 0 Å². The Balaban J connectivity index is 1.63. The maximum atomic E-state index is 12.5. The van der Waals surface area contributed by atoms with E-state index in [1.807, 2.05) is 43.3 Å². The third-order valence-corrected chi connectivity index (χ3v) is 5.26. The number of amides is 2. The molecule has 0 radical (unpaired) electrons. The molecule has 1 unspecified atom stereocenters. The van der Waals surface area contributed by atoms with Crippen LogP contribution in [0.25, 0.3) is 0 Å². The standard InChI is InChI=1S/C23H28N2O2/c1-16-7-5-6-8-17(16)14-24-22(27)18-13-21(26)25(15-18)20-11-9-19(10-12-20)23(2,3)4/h5-12,18H,13-15H2,1-4H3,(H,24,27). The summed E-state index contributed by atoms with van der Waals surface area (Å²) in [5.74, 6) is -0.348. The molecule has 3 rings (SSSR count). The Labute approximate surface area is 161 Å². The van der Waals surface area contributed by atoms with Crippen molar-refractivity contribution in [3.8, 4) is 0 Å². The van der Waals surface area contributed by atoms with Crippen LogP contribution >= 0.6 is 0 Å². The van der Waals surface area contributed by atoms with Crippen molar-refractivity contribution >= 4 is 17.5 Å². The fraction of sp³-hybridized carbons (Fsp3) is 0.391. The van der Waals surface area contributed by atoms with E-state index >= 15 is 0 Å². The topological polar surface area (TPSA) is 49.4 Å². The molecular formula is C23H28N2O2. The molecule has 0 saturated carbocycles. The minimum atomic E-state index is -0.302. The molecule has 2 aromatic carbocycles. The lowest BCUT2D eigenvalue weighted by Crippen LogP contribution is -2.32. The van der Waals surface area contributed by atoms with Crippen LogP contribution in [-0.2, 0) is 21.5 Å². The van der Waals surface area contributed by atoms with Gasteiger partial charge in [0.25, 0.3) is 0 Å². The second kappa shape index (κ2) is 7.55. The van der Waals surface area contributed by atoms with Gasteiger partial charge >= 0.3 is 0 Å². The van der Waals surface area contributed by atoms with Gasteiger partial charge in [0.15, 0.2) is 0 Å². The third-order valence-electron chi connectivity index (χ3n) is 5.26. The van der Waals surface area contributed by atoms with Crippen LogP contribution in [0.2, 0.25) is 0 Å². The van der Waals surface area contributed by atoms with Gasteiger partial charge in [-0.3, -0.25) is 9.59 Å². The summed E-state index contributed by atoms with van der Waals surface area (Å²) in [5, 5.41) is 2.99. The molecular weight excluding hydrogens is 336 g/mol. The molecule has 27 heavy (non-hydrogen) atoms. The predicted octanol–water partition coefficient (Wildman–Crippen LogP) is 3.96. The number of anilines is 1. The quantitative estimate of drug-likeness (QED) is 0.893. The van der Waals surface area contributed by atoms with Gasteiger partial charge in [0, 0.05) is 25.2 Å². The van der Waals surface area contributed by atoms with Gasteiger partial charge < -0.3 is 10.2 Å². The van der Waals surface area contributed by atoms with E-state index in [4.69, 9.17) is 0 Å². The Morgan fingerprint density at radius 2 is 1.78 bits per heavy atom. The summed E-state index contributed by atoms with van der Waals surface area (Å²) in [5.41, 5.74) is 4.42. The Morgan fingerprint density at radius 1 is 1.11 bits per heavy atom. The van der Waals surface area contributed by atoms with Crippen molar-refractivity contribution < 1.29 is 9.59 Å². The number of carbonyl (C=O) groups excluding carboxylic acids is 2. The fourth-order valence-electron chi connectivity index (χ4n) is 3.41. The summed E-state index contributed by atoms with van der Waals surface area (Å²) >= 11 is 0. The van der Waals surface area contributed by atoms with E-state index in [1.165, 1.54) is 5.56 Å². The highest BCUT2D eigenvalue weighted by atomic mass is 16.2. The first-order chi connectivity index (χ1) is 12.8. The van der Waals surface area contributed by atoms with Crippen LogP contribution in [0, 0.1) is 12.8 Å². The highest BCUT2D eigenvalue weighted by Gasteiger charge is 2.35. The monoisotopic (exact) mass is 364 g/mol. The zero-order valence-corrected chi connectivity index (χ0v) is 16.6. The lowest BCUT2D eigenvalue weighted by molar-refractivity contribution is -0.126. The predicted molar refractivity (Wildman–Crippen MR) is 109 cm³/mol. The van der Waals surface area contributed by atoms with Crippen molar-refractivity contribution in [2.24, 2.45) is 5.92 Å². The summed E-state index contributed by atoms with van der Waals surface area (Å²) < 4.78 is 0. The number of benzene rings is 2. The van der Waals surface area contributed by atoms with E-state index in [9.17, 15) is 9.59 Å². The molecule has 1 heterocycles. The van der Waals surface area contributed by atoms with Gasteiger partial charge in [-0.05, 0) is 41.2 Å². The van der Waals surface area contributed by atoms with Crippen molar-refractivity contribution in [1.82, 2.24) is 5.32 Å². The van der Waals surface area contributed by atoms with Gasteiger partial charge in [0.05, 0.1) is 5.92 Å². The van der Waals surface area contributed by atoms with Gasteiger partial charge in [-0.2, -0.15) is 0 Å². The van der Waals surface area contributed by atoms with E-state index < -0.39 is 0 Å². The Morgan fingerprint density at radius 3 is 2.41 bits per heavy atom.